The van der Waals surface area contributed by atoms with E-state index < -0.39 is 0 Å². The van der Waals surface area contributed by atoms with Crippen molar-refractivity contribution in [3.05, 3.63) is 18.2 Å². The molecule has 1 aromatic carbocycles. The molecule has 1 heterocycles. The molecule has 0 saturated carbocycles. The van der Waals surface area contributed by atoms with Gasteiger partial charge in [-0.2, -0.15) is 0 Å². The van der Waals surface area contributed by atoms with Gasteiger partial charge < -0.3 is 21.3 Å². The van der Waals surface area contributed by atoms with Crippen LogP contribution in [0.4, 0.5) is 17.1 Å². The third kappa shape index (κ3) is 2.15. The Bertz CT molecular complexity index is 342. The number of quaternary nitrogens is 1. The normalized spacial score (nSPS) is 18.1. The van der Waals surface area contributed by atoms with Crippen molar-refractivity contribution < 1.29 is 4.90 Å². The molecule has 0 aromatic heterocycles. The van der Waals surface area contributed by atoms with E-state index in [9.17, 15) is 0 Å². The molecular formula is C11H19N4+. The molecule has 1 aromatic rings. The summed E-state index contributed by atoms with van der Waals surface area (Å²) in [5, 5.41) is 0. The quantitative estimate of drug-likeness (QED) is 0.528. The molecular weight excluding hydrogens is 188 g/mol. The predicted molar refractivity (Wildman–Crippen MR) is 64.1 cm³/mol. The van der Waals surface area contributed by atoms with Crippen molar-refractivity contribution in [3.8, 4) is 0 Å². The highest BCUT2D eigenvalue weighted by molar-refractivity contribution is 5.69. The summed E-state index contributed by atoms with van der Waals surface area (Å²) in [6, 6.07) is 5.90. The van der Waals surface area contributed by atoms with Crippen molar-refractivity contribution in [2.24, 2.45) is 0 Å². The summed E-state index contributed by atoms with van der Waals surface area (Å²) in [5.41, 5.74) is 14.0. The number of nitrogens with one attached hydrogen (secondary N) is 1. The van der Waals surface area contributed by atoms with E-state index in [1.165, 1.54) is 18.8 Å². The standard InChI is InChI=1S/C11H18N4/c1-14-4-6-15(7-5-14)9-2-3-10(12)11(13)8-9/h2-3,8H,4-7,12-13H2,1H3/p+1. The summed E-state index contributed by atoms with van der Waals surface area (Å²) >= 11 is 0. The Morgan fingerprint density at radius 1 is 1.13 bits per heavy atom. The van der Waals surface area contributed by atoms with E-state index in [-0.39, 0.29) is 0 Å². The minimum atomic E-state index is 0.665. The van der Waals surface area contributed by atoms with E-state index in [2.05, 4.69) is 11.9 Å². The van der Waals surface area contributed by atoms with Crippen molar-refractivity contribution in [1.29, 1.82) is 0 Å². The lowest BCUT2D eigenvalue weighted by molar-refractivity contribution is -0.880. The number of anilines is 3. The molecule has 1 aliphatic heterocycles. The lowest BCUT2D eigenvalue weighted by Crippen LogP contribution is -3.12. The van der Waals surface area contributed by atoms with Crippen LogP contribution in [-0.2, 0) is 0 Å². The summed E-state index contributed by atoms with van der Waals surface area (Å²) < 4.78 is 0. The van der Waals surface area contributed by atoms with Gasteiger partial charge in [0.1, 0.15) is 0 Å². The Kier molecular flexibility index (Phi) is 2.68. The fraction of sp³-hybridized carbons (Fsp3) is 0.455. The second-order valence-corrected chi connectivity index (χ2v) is 4.26. The van der Waals surface area contributed by atoms with Crippen LogP contribution < -0.4 is 21.3 Å². The van der Waals surface area contributed by atoms with Gasteiger partial charge in [0, 0.05) is 5.69 Å². The van der Waals surface area contributed by atoms with Gasteiger partial charge in [-0.25, -0.2) is 0 Å². The smallest absolute Gasteiger partial charge is 0.0947 e. The number of hydrogen-bond donors (Lipinski definition) is 3. The van der Waals surface area contributed by atoms with Crippen molar-refractivity contribution in [2.75, 3.05) is 49.6 Å². The van der Waals surface area contributed by atoms with Gasteiger partial charge in [-0.15, -0.1) is 0 Å². The average molecular weight is 207 g/mol. The molecule has 0 spiro atoms. The molecule has 4 heteroatoms. The largest absolute Gasteiger partial charge is 0.397 e. The summed E-state index contributed by atoms with van der Waals surface area (Å²) in [4.78, 5) is 3.96. The molecule has 0 bridgehead atoms. The second kappa shape index (κ2) is 3.98. The van der Waals surface area contributed by atoms with E-state index in [1.807, 2.05) is 18.2 Å². The van der Waals surface area contributed by atoms with Crippen LogP contribution in [0.1, 0.15) is 0 Å². The Labute approximate surface area is 90.4 Å². The van der Waals surface area contributed by atoms with E-state index in [0.29, 0.717) is 11.4 Å². The van der Waals surface area contributed by atoms with Crippen LogP contribution in [0.2, 0.25) is 0 Å². The lowest BCUT2D eigenvalue weighted by Gasteiger charge is -2.31. The monoisotopic (exact) mass is 207 g/mol. The number of nitrogen functional groups attached to an aromatic ring is 2. The Morgan fingerprint density at radius 2 is 1.80 bits per heavy atom. The molecule has 1 fully saturated rings. The molecule has 0 atom stereocenters. The zero-order valence-electron chi connectivity index (χ0n) is 9.16. The molecule has 0 radical (unpaired) electrons. The third-order valence-corrected chi connectivity index (χ3v) is 3.05. The van der Waals surface area contributed by atoms with E-state index >= 15 is 0 Å². The first-order valence-corrected chi connectivity index (χ1v) is 5.38. The maximum atomic E-state index is 5.80. The SMILES string of the molecule is C[NH+]1CCN(c2ccc(N)c(N)c2)CC1. The van der Waals surface area contributed by atoms with Crippen molar-refractivity contribution in [1.82, 2.24) is 0 Å². The highest BCUT2D eigenvalue weighted by Crippen LogP contribution is 2.22. The van der Waals surface area contributed by atoms with Crippen LogP contribution in [-0.4, -0.2) is 33.2 Å². The molecule has 0 aliphatic carbocycles. The first-order valence-electron chi connectivity index (χ1n) is 5.38. The first-order chi connectivity index (χ1) is 7.16. The molecule has 15 heavy (non-hydrogen) atoms. The van der Waals surface area contributed by atoms with Crippen LogP contribution >= 0.6 is 0 Å². The van der Waals surface area contributed by atoms with Gasteiger partial charge in [-0.1, -0.05) is 0 Å². The van der Waals surface area contributed by atoms with Crippen molar-refractivity contribution in [3.63, 3.8) is 0 Å². The van der Waals surface area contributed by atoms with Gasteiger partial charge in [-0.05, 0) is 18.2 Å². The fourth-order valence-corrected chi connectivity index (χ4v) is 1.91. The molecule has 5 N–H and O–H groups in total. The van der Waals surface area contributed by atoms with Gasteiger partial charge in [0.05, 0.1) is 44.6 Å². The second-order valence-electron chi connectivity index (χ2n) is 4.26. The average Bonchev–Trinajstić information content (AvgIpc) is 2.23. The number of hydrogen-bond acceptors (Lipinski definition) is 3. The van der Waals surface area contributed by atoms with Crippen LogP contribution in [0.5, 0.6) is 0 Å². The Hall–Kier alpha value is -1.42. The molecule has 0 unspecified atom stereocenters. The zero-order chi connectivity index (χ0) is 10.8. The number of nitrogens with zero attached hydrogens (tertiary/aromatic N) is 1. The van der Waals surface area contributed by atoms with Gasteiger partial charge in [0.15, 0.2) is 0 Å². The van der Waals surface area contributed by atoms with Crippen molar-refractivity contribution >= 4 is 17.1 Å². The van der Waals surface area contributed by atoms with Crippen LogP contribution in [0.25, 0.3) is 0 Å². The van der Waals surface area contributed by atoms with Crippen molar-refractivity contribution in [2.45, 2.75) is 0 Å². The Balaban J connectivity index is 2.12. The minimum Gasteiger partial charge on any atom is -0.397 e. The topological polar surface area (TPSA) is 59.7 Å². The molecule has 1 saturated heterocycles. The Morgan fingerprint density at radius 3 is 2.40 bits per heavy atom. The van der Waals surface area contributed by atoms with Crippen LogP contribution in [0, 0.1) is 0 Å². The predicted octanol–water partition coefficient (Wildman–Crippen LogP) is -0.814. The maximum absolute atomic E-state index is 5.80. The third-order valence-electron chi connectivity index (χ3n) is 3.05. The number of likely N-dealkylation sites (N-methyl/N-ethyl adjacent to an activating group) is 1. The van der Waals surface area contributed by atoms with E-state index in [4.69, 9.17) is 11.5 Å². The molecule has 1 aliphatic rings. The zero-order valence-corrected chi connectivity index (χ0v) is 9.16. The van der Waals surface area contributed by atoms with Crippen LogP contribution in [0.15, 0.2) is 18.2 Å². The minimum absolute atomic E-state index is 0.665. The molecule has 4 nitrogen and oxygen atoms in total. The summed E-state index contributed by atoms with van der Waals surface area (Å²) in [6.07, 6.45) is 0. The van der Waals surface area contributed by atoms with Gasteiger partial charge in [0.2, 0.25) is 0 Å². The molecule has 0 amide bonds. The van der Waals surface area contributed by atoms with E-state index in [0.717, 1.165) is 13.1 Å². The fourth-order valence-electron chi connectivity index (χ4n) is 1.91. The number of benzene rings is 1. The van der Waals surface area contributed by atoms with Crippen LogP contribution in [0.3, 0.4) is 0 Å². The first kappa shape index (κ1) is 10.1. The summed E-state index contributed by atoms with van der Waals surface area (Å²) in [7, 11) is 2.23. The highest BCUT2D eigenvalue weighted by atomic mass is 15.2. The number of piperazine rings is 1. The number of rotatable bonds is 1. The maximum Gasteiger partial charge on any atom is 0.0947 e. The summed E-state index contributed by atoms with van der Waals surface area (Å²) in [6.45, 7) is 4.55. The molecule has 82 valence electrons. The van der Waals surface area contributed by atoms with Gasteiger partial charge >= 0.3 is 0 Å². The van der Waals surface area contributed by atoms with Gasteiger partial charge in [-0.3, -0.25) is 0 Å². The lowest BCUT2D eigenvalue weighted by atomic mass is 10.2. The molecule has 2 rings (SSSR count). The summed E-state index contributed by atoms with van der Waals surface area (Å²) in [5.74, 6) is 0. The number of nitrogens with two attached hydrogens (primary N) is 2. The van der Waals surface area contributed by atoms with E-state index in [1.54, 1.807) is 4.90 Å². The van der Waals surface area contributed by atoms with Gasteiger partial charge in [0.25, 0.3) is 0 Å². The highest BCUT2D eigenvalue weighted by Gasteiger charge is 2.16.